The normalized spacial score (nSPS) is 31.0. The molecule has 0 spiro atoms. The first-order valence-corrected chi connectivity index (χ1v) is 7.78. The number of ether oxygens (including phenoxy) is 1. The summed E-state index contributed by atoms with van der Waals surface area (Å²) >= 11 is 0. The van der Waals surface area contributed by atoms with Crippen molar-refractivity contribution in [3.8, 4) is 5.75 Å². The number of hydrogen-bond donors (Lipinski definition) is 0. The number of methoxy groups -OCH3 is 1. The van der Waals surface area contributed by atoms with Gasteiger partial charge in [-0.1, -0.05) is 12.2 Å². The summed E-state index contributed by atoms with van der Waals surface area (Å²) in [7, 11) is 1.49. The molecule has 1 saturated carbocycles. The molecule has 0 unspecified atom stereocenters. The maximum Gasteiger partial charge on any atom is 0.238 e. The van der Waals surface area contributed by atoms with Crippen molar-refractivity contribution in [3.05, 3.63) is 35.9 Å². The quantitative estimate of drug-likeness (QED) is 0.488. The fraction of sp³-hybridized carbons (Fsp3) is 0.389. The van der Waals surface area contributed by atoms with Crippen LogP contribution in [0.15, 0.2) is 30.4 Å². The molecule has 1 aromatic carbocycles. The van der Waals surface area contributed by atoms with E-state index in [1.807, 2.05) is 0 Å². The molecular weight excluding hydrogens is 294 g/mol. The van der Waals surface area contributed by atoms with E-state index in [4.69, 9.17) is 4.74 Å². The molecule has 2 aliphatic carbocycles. The van der Waals surface area contributed by atoms with E-state index in [0.717, 1.165) is 6.42 Å². The smallest absolute Gasteiger partial charge is 0.238 e. The molecule has 2 amide bonds. The molecule has 2 fully saturated rings. The Kier molecular flexibility index (Phi) is 2.95. The topological polar surface area (TPSA) is 63.7 Å². The number of carbonyl (C=O) groups excluding carboxylic acids is 3. The molecule has 0 radical (unpaired) electrons. The van der Waals surface area contributed by atoms with Gasteiger partial charge in [-0.25, -0.2) is 4.90 Å². The number of hydrogen-bond acceptors (Lipinski definition) is 4. The summed E-state index contributed by atoms with van der Waals surface area (Å²) in [6.07, 6.45) is 5.01. The van der Waals surface area contributed by atoms with Gasteiger partial charge in [0.1, 0.15) is 5.75 Å². The Morgan fingerprint density at radius 3 is 2.26 bits per heavy atom. The second kappa shape index (κ2) is 4.78. The summed E-state index contributed by atoms with van der Waals surface area (Å²) < 4.78 is 5.31. The summed E-state index contributed by atoms with van der Waals surface area (Å²) in [5.41, 5.74) is 0.837. The monoisotopic (exact) mass is 311 g/mol. The number of amides is 2. The zero-order valence-corrected chi connectivity index (χ0v) is 13.0. The van der Waals surface area contributed by atoms with E-state index in [-0.39, 0.29) is 41.3 Å². The van der Waals surface area contributed by atoms with Gasteiger partial charge < -0.3 is 4.74 Å². The van der Waals surface area contributed by atoms with E-state index in [1.54, 1.807) is 18.2 Å². The molecule has 1 aliphatic heterocycles. The van der Waals surface area contributed by atoms with E-state index >= 15 is 0 Å². The van der Waals surface area contributed by atoms with Crippen LogP contribution in [0.5, 0.6) is 5.75 Å². The number of imide groups is 1. The lowest BCUT2D eigenvalue weighted by Gasteiger charge is -2.20. The van der Waals surface area contributed by atoms with Gasteiger partial charge in [0.25, 0.3) is 0 Å². The van der Waals surface area contributed by atoms with Gasteiger partial charge in [0.05, 0.1) is 24.6 Å². The number of fused-ring (bicyclic) bond motifs is 5. The van der Waals surface area contributed by atoms with Gasteiger partial charge in [0.2, 0.25) is 11.8 Å². The van der Waals surface area contributed by atoms with Gasteiger partial charge in [-0.05, 0) is 43.4 Å². The van der Waals surface area contributed by atoms with Gasteiger partial charge in [-0.15, -0.1) is 0 Å². The number of ketones is 1. The molecular formula is C18H17NO4. The van der Waals surface area contributed by atoms with Gasteiger partial charge in [-0.2, -0.15) is 0 Å². The van der Waals surface area contributed by atoms with Crippen LogP contribution >= 0.6 is 0 Å². The largest absolute Gasteiger partial charge is 0.495 e. The molecule has 23 heavy (non-hydrogen) atoms. The molecule has 118 valence electrons. The molecule has 4 rings (SSSR count). The molecule has 5 heteroatoms. The SMILES string of the molecule is COc1ccc(C(C)=O)cc1N1C(=O)[C@@H]2[C@@H](C1=O)[C@H]1C=C[C@@H]2C1. The van der Waals surface area contributed by atoms with Gasteiger partial charge >= 0.3 is 0 Å². The Balaban J connectivity index is 1.80. The number of Topliss-reactive ketones (excluding diaryl/α,β-unsaturated/α-hetero) is 1. The van der Waals surface area contributed by atoms with E-state index in [9.17, 15) is 14.4 Å². The summed E-state index contributed by atoms with van der Waals surface area (Å²) in [6.45, 7) is 1.46. The van der Waals surface area contributed by atoms with Crippen LogP contribution in [0.4, 0.5) is 5.69 Å². The number of rotatable bonds is 3. The average Bonchev–Trinajstić information content (AvgIpc) is 3.21. The molecule has 1 heterocycles. The van der Waals surface area contributed by atoms with Gasteiger partial charge in [0, 0.05) is 5.56 Å². The minimum atomic E-state index is -0.261. The predicted octanol–water partition coefficient (Wildman–Crippen LogP) is 2.21. The van der Waals surface area contributed by atoms with Crippen molar-refractivity contribution in [3.63, 3.8) is 0 Å². The van der Waals surface area contributed by atoms with Gasteiger partial charge in [0.15, 0.2) is 5.78 Å². The summed E-state index contributed by atoms with van der Waals surface area (Å²) in [5, 5.41) is 0. The van der Waals surface area contributed by atoms with E-state index in [1.165, 1.54) is 18.9 Å². The van der Waals surface area contributed by atoms with Crippen LogP contribution in [-0.4, -0.2) is 24.7 Å². The fourth-order valence-electron chi connectivity index (χ4n) is 4.22. The zero-order valence-electron chi connectivity index (χ0n) is 13.0. The van der Waals surface area contributed by atoms with Crippen molar-refractivity contribution in [1.82, 2.24) is 0 Å². The average molecular weight is 311 g/mol. The Bertz CT molecular complexity index is 736. The molecule has 2 bridgehead atoms. The highest BCUT2D eigenvalue weighted by atomic mass is 16.5. The molecule has 1 aromatic rings. The highest BCUT2D eigenvalue weighted by Gasteiger charge is 2.59. The number of allylic oxidation sites excluding steroid dienone is 2. The standard InChI is InChI=1S/C18H17NO4/c1-9(20)10-5-6-14(23-2)13(8-10)19-17(21)15-11-3-4-12(7-11)16(15)18(19)22/h3-6,8,11-12,15-16H,7H2,1-2H3/t11-,12+,15-,16-/m0/s1. The minimum absolute atomic E-state index is 0.116. The van der Waals surface area contributed by atoms with Crippen LogP contribution in [0.3, 0.4) is 0 Å². The first-order valence-electron chi connectivity index (χ1n) is 7.78. The van der Waals surface area contributed by atoms with Crippen molar-refractivity contribution >= 4 is 23.3 Å². The van der Waals surface area contributed by atoms with E-state index < -0.39 is 0 Å². The maximum absolute atomic E-state index is 12.9. The third-order valence-electron chi connectivity index (χ3n) is 5.30. The van der Waals surface area contributed by atoms with Crippen LogP contribution < -0.4 is 9.64 Å². The Hall–Kier alpha value is -2.43. The van der Waals surface area contributed by atoms with E-state index in [0.29, 0.717) is 17.0 Å². The fourth-order valence-corrected chi connectivity index (χ4v) is 4.22. The second-order valence-electron chi connectivity index (χ2n) is 6.45. The van der Waals surface area contributed by atoms with Crippen LogP contribution in [0.2, 0.25) is 0 Å². The number of carbonyl (C=O) groups is 3. The van der Waals surface area contributed by atoms with Crippen molar-refractivity contribution in [1.29, 1.82) is 0 Å². The number of nitrogens with zero attached hydrogens (tertiary/aromatic N) is 1. The van der Waals surface area contributed by atoms with Crippen molar-refractivity contribution < 1.29 is 19.1 Å². The summed E-state index contributed by atoms with van der Waals surface area (Å²) in [6, 6.07) is 4.85. The summed E-state index contributed by atoms with van der Waals surface area (Å²) in [5.74, 6) is -0.230. The lowest BCUT2D eigenvalue weighted by molar-refractivity contribution is -0.123. The molecule has 3 aliphatic rings. The van der Waals surface area contributed by atoms with Crippen molar-refractivity contribution in [2.24, 2.45) is 23.7 Å². The number of benzene rings is 1. The van der Waals surface area contributed by atoms with Crippen LogP contribution in [-0.2, 0) is 9.59 Å². The minimum Gasteiger partial charge on any atom is -0.495 e. The van der Waals surface area contributed by atoms with Gasteiger partial charge in [-0.3, -0.25) is 14.4 Å². The Morgan fingerprint density at radius 1 is 1.13 bits per heavy atom. The Labute approximate surface area is 133 Å². The van der Waals surface area contributed by atoms with Crippen LogP contribution in [0.1, 0.15) is 23.7 Å². The predicted molar refractivity (Wildman–Crippen MR) is 83.2 cm³/mol. The van der Waals surface area contributed by atoms with Crippen LogP contribution in [0, 0.1) is 23.7 Å². The third kappa shape index (κ3) is 1.82. The molecule has 4 atom stereocenters. The first kappa shape index (κ1) is 14.2. The molecule has 1 saturated heterocycles. The van der Waals surface area contributed by atoms with E-state index in [2.05, 4.69) is 12.2 Å². The highest BCUT2D eigenvalue weighted by molar-refractivity contribution is 6.23. The maximum atomic E-state index is 12.9. The summed E-state index contributed by atoms with van der Waals surface area (Å²) in [4.78, 5) is 38.6. The van der Waals surface area contributed by atoms with Crippen molar-refractivity contribution in [2.45, 2.75) is 13.3 Å². The molecule has 5 nitrogen and oxygen atoms in total. The first-order chi connectivity index (χ1) is 11.0. The molecule has 0 N–H and O–H groups in total. The Morgan fingerprint density at radius 2 is 1.74 bits per heavy atom. The second-order valence-corrected chi connectivity index (χ2v) is 6.45. The third-order valence-corrected chi connectivity index (χ3v) is 5.30. The zero-order chi connectivity index (χ0) is 16.3. The molecule has 0 aromatic heterocycles. The highest BCUT2D eigenvalue weighted by Crippen LogP contribution is 2.53. The number of anilines is 1. The lowest BCUT2D eigenvalue weighted by Crippen LogP contribution is -2.33. The van der Waals surface area contributed by atoms with Crippen LogP contribution in [0.25, 0.3) is 0 Å². The van der Waals surface area contributed by atoms with Crippen molar-refractivity contribution in [2.75, 3.05) is 12.0 Å². The lowest BCUT2D eigenvalue weighted by atomic mass is 9.85.